The summed E-state index contributed by atoms with van der Waals surface area (Å²) in [4.78, 5) is 17.4. The molecular weight excluding hydrogens is 388 g/mol. The molecule has 31 heavy (non-hydrogen) atoms. The van der Waals surface area contributed by atoms with Crippen LogP contribution in [0.2, 0.25) is 0 Å². The Hall–Kier alpha value is -2.41. The van der Waals surface area contributed by atoms with E-state index in [0.29, 0.717) is 6.54 Å². The van der Waals surface area contributed by atoms with Crippen molar-refractivity contribution >= 4 is 6.03 Å². The van der Waals surface area contributed by atoms with Crippen molar-refractivity contribution in [3.63, 3.8) is 0 Å². The Morgan fingerprint density at radius 1 is 0.935 bits per heavy atom. The molecule has 0 bridgehead atoms. The van der Waals surface area contributed by atoms with Crippen LogP contribution in [0, 0.1) is 0 Å². The Balaban J connectivity index is 1.21. The Kier molecular flexibility index (Phi) is 7.93. The summed E-state index contributed by atoms with van der Waals surface area (Å²) >= 11 is 0. The number of rotatable bonds is 8. The van der Waals surface area contributed by atoms with Crippen LogP contribution in [0.4, 0.5) is 4.79 Å². The van der Waals surface area contributed by atoms with E-state index in [4.69, 9.17) is 4.74 Å². The lowest BCUT2D eigenvalue weighted by Crippen LogP contribution is -2.46. The zero-order chi connectivity index (χ0) is 21.3. The van der Waals surface area contributed by atoms with E-state index >= 15 is 0 Å². The SMILES string of the molecule is O=C(NCCCN1CCc2ccccc2C1)NC(CN1CCOCC1)c1ccccc1. The molecule has 0 saturated carbocycles. The van der Waals surface area contributed by atoms with Crippen molar-refractivity contribution < 1.29 is 9.53 Å². The van der Waals surface area contributed by atoms with Crippen molar-refractivity contribution in [2.45, 2.75) is 25.4 Å². The number of carbonyl (C=O) groups is 1. The van der Waals surface area contributed by atoms with Gasteiger partial charge in [0.1, 0.15) is 0 Å². The minimum Gasteiger partial charge on any atom is -0.379 e. The van der Waals surface area contributed by atoms with Crippen LogP contribution in [0.25, 0.3) is 0 Å². The van der Waals surface area contributed by atoms with Gasteiger partial charge in [0, 0.05) is 45.8 Å². The van der Waals surface area contributed by atoms with E-state index in [2.05, 4.69) is 56.8 Å². The number of amides is 2. The highest BCUT2D eigenvalue weighted by Crippen LogP contribution is 2.18. The summed E-state index contributed by atoms with van der Waals surface area (Å²) in [5.41, 5.74) is 4.05. The molecule has 166 valence electrons. The number of nitrogens with zero attached hydrogens (tertiary/aromatic N) is 2. The van der Waals surface area contributed by atoms with Crippen LogP contribution in [0.5, 0.6) is 0 Å². The second-order valence-electron chi connectivity index (χ2n) is 8.42. The number of urea groups is 1. The topological polar surface area (TPSA) is 56.8 Å². The maximum Gasteiger partial charge on any atom is 0.315 e. The second kappa shape index (κ2) is 11.3. The molecule has 2 aromatic carbocycles. The zero-order valence-electron chi connectivity index (χ0n) is 18.3. The molecule has 0 aromatic heterocycles. The molecule has 0 radical (unpaired) electrons. The lowest BCUT2D eigenvalue weighted by Gasteiger charge is -2.31. The van der Waals surface area contributed by atoms with Crippen molar-refractivity contribution in [1.82, 2.24) is 20.4 Å². The van der Waals surface area contributed by atoms with Crippen molar-refractivity contribution in [1.29, 1.82) is 0 Å². The molecule has 2 aromatic rings. The molecule has 2 heterocycles. The summed E-state index contributed by atoms with van der Waals surface area (Å²) in [5.74, 6) is 0. The number of ether oxygens (including phenoxy) is 1. The number of fused-ring (bicyclic) bond motifs is 1. The van der Waals surface area contributed by atoms with Gasteiger partial charge in [0.2, 0.25) is 0 Å². The van der Waals surface area contributed by atoms with E-state index in [1.807, 2.05) is 18.2 Å². The van der Waals surface area contributed by atoms with Crippen LogP contribution in [-0.2, 0) is 17.7 Å². The minimum absolute atomic E-state index is 0.0297. The predicted octanol–water partition coefficient (Wildman–Crippen LogP) is 2.81. The molecular formula is C25H34N4O2. The van der Waals surface area contributed by atoms with Gasteiger partial charge < -0.3 is 15.4 Å². The van der Waals surface area contributed by atoms with Crippen LogP contribution in [0.1, 0.15) is 29.2 Å². The highest BCUT2D eigenvalue weighted by Gasteiger charge is 2.20. The average Bonchev–Trinajstić information content (AvgIpc) is 2.82. The van der Waals surface area contributed by atoms with Gasteiger partial charge in [0.15, 0.2) is 0 Å². The molecule has 2 aliphatic rings. The first-order chi connectivity index (χ1) is 15.3. The number of benzene rings is 2. The molecule has 1 atom stereocenters. The summed E-state index contributed by atoms with van der Waals surface area (Å²) < 4.78 is 5.46. The van der Waals surface area contributed by atoms with E-state index in [0.717, 1.165) is 70.9 Å². The van der Waals surface area contributed by atoms with E-state index in [-0.39, 0.29) is 12.1 Å². The fourth-order valence-corrected chi connectivity index (χ4v) is 4.42. The molecule has 2 N–H and O–H groups in total. The molecule has 6 nitrogen and oxygen atoms in total. The molecule has 4 rings (SSSR count). The number of carbonyl (C=O) groups excluding carboxylic acids is 1. The fraction of sp³-hybridized carbons (Fsp3) is 0.480. The molecule has 0 spiro atoms. The molecule has 0 aliphatic carbocycles. The van der Waals surface area contributed by atoms with Gasteiger partial charge in [-0.1, -0.05) is 54.6 Å². The lowest BCUT2D eigenvalue weighted by atomic mass is 10.00. The van der Waals surface area contributed by atoms with E-state index < -0.39 is 0 Å². The summed E-state index contributed by atoms with van der Waals surface area (Å²) in [5, 5.41) is 6.24. The van der Waals surface area contributed by atoms with Gasteiger partial charge >= 0.3 is 6.03 Å². The van der Waals surface area contributed by atoms with Gasteiger partial charge in [0.25, 0.3) is 0 Å². The number of hydrogen-bond acceptors (Lipinski definition) is 4. The smallest absolute Gasteiger partial charge is 0.315 e. The molecule has 1 fully saturated rings. The molecule has 2 aliphatic heterocycles. The van der Waals surface area contributed by atoms with Gasteiger partial charge in [-0.05, 0) is 29.5 Å². The molecule has 1 saturated heterocycles. The number of morpholine rings is 1. The highest BCUT2D eigenvalue weighted by atomic mass is 16.5. The van der Waals surface area contributed by atoms with Crippen molar-refractivity contribution in [3.05, 3.63) is 71.3 Å². The number of hydrogen-bond donors (Lipinski definition) is 2. The molecule has 2 amide bonds. The average molecular weight is 423 g/mol. The van der Waals surface area contributed by atoms with Crippen LogP contribution in [0.3, 0.4) is 0 Å². The predicted molar refractivity (Wildman–Crippen MR) is 123 cm³/mol. The summed E-state index contributed by atoms with van der Waals surface area (Å²) in [7, 11) is 0. The first-order valence-corrected chi connectivity index (χ1v) is 11.5. The van der Waals surface area contributed by atoms with Crippen molar-refractivity contribution in [3.8, 4) is 0 Å². The van der Waals surface area contributed by atoms with Gasteiger partial charge in [-0.25, -0.2) is 4.79 Å². The lowest BCUT2D eigenvalue weighted by molar-refractivity contribution is 0.0340. The maximum atomic E-state index is 12.6. The standard InChI is InChI=1S/C25H34N4O2/c30-25(26-12-6-13-28-14-11-21-7-4-5-10-23(21)19-28)27-24(22-8-2-1-3-9-22)20-29-15-17-31-18-16-29/h1-5,7-10,24H,6,11-20H2,(H2,26,27,30). The third-order valence-electron chi connectivity index (χ3n) is 6.20. The van der Waals surface area contributed by atoms with Crippen LogP contribution >= 0.6 is 0 Å². The minimum atomic E-state index is -0.0916. The normalized spacial score (nSPS) is 18.2. The van der Waals surface area contributed by atoms with E-state index in [1.54, 1.807) is 0 Å². The third kappa shape index (κ3) is 6.53. The van der Waals surface area contributed by atoms with E-state index in [1.165, 1.54) is 11.1 Å². The van der Waals surface area contributed by atoms with Gasteiger partial charge in [-0.15, -0.1) is 0 Å². The molecule has 6 heteroatoms. The fourth-order valence-electron chi connectivity index (χ4n) is 4.42. The Bertz CT molecular complexity index is 823. The third-order valence-corrected chi connectivity index (χ3v) is 6.20. The monoisotopic (exact) mass is 422 g/mol. The second-order valence-corrected chi connectivity index (χ2v) is 8.42. The first kappa shape index (κ1) is 21.8. The van der Waals surface area contributed by atoms with Crippen LogP contribution in [-0.4, -0.2) is 68.3 Å². The number of nitrogens with one attached hydrogen (secondary N) is 2. The molecule has 1 unspecified atom stereocenters. The highest BCUT2D eigenvalue weighted by molar-refractivity contribution is 5.74. The Labute approximate surface area is 185 Å². The van der Waals surface area contributed by atoms with Gasteiger partial charge in [-0.3, -0.25) is 9.80 Å². The van der Waals surface area contributed by atoms with Crippen molar-refractivity contribution in [2.24, 2.45) is 0 Å². The van der Waals surface area contributed by atoms with E-state index in [9.17, 15) is 4.79 Å². The zero-order valence-corrected chi connectivity index (χ0v) is 18.3. The van der Waals surface area contributed by atoms with Gasteiger partial charge in [0.05, 0.1) is 19.3 Å². The Morgan fingerprint density at radius 2 is 1.68 bits per heavy atom. The van der Waals surface area contributed by atoms with Gasteiger partial charge in [-0.2, -0.15) is 0 Å². The Morgan fingerprint density at radius 3 is 2.48 bits per heavy atom. The quantitative estimate of drug-likeness (QED) is 0.643. The first-order valence-electron chi connectivity index (χ1n) is 11.5. The summed E-state index contributed by atoms with van der Waals surface area (Å²) in [6.07, 6.45) is 2.07. The van der Waals surface area contributed by atoms with Crippen LogP contribution < -0.4 is 10.6 Å². The van der Waals surface area contributed by atoms with Crippen LogP contribution in [0.15, 0.2) is 54.6 Å². The van der Waals surface area contributed by atoms with Crippen molar-refractivity contribution in [2.75, 3.05) is 52.5 Å². The summed E-state index contributed by atoms with van der Waals surface area (Å²) in [6, 6.07) is 18.8. The largest absolute Gasteiger partial charge is 0.379 e. The maximum absolute atomic E-state index is 12.6. The summed E-state index contributed by atoms with van der Waals surface area (Å²) in [6.45, 7) is 7.93.